The van der Waals surface area contributed by atoms with E-state index in [0.717, 1.165) is 18.7 Å². The van der Waals surface area contributed by atoms with Crippen molar-refractivity contribution in [3.8, 4) is 11.8 Å². The minimum absolute atomic E-state index is 0.604. The highest BCUT2D eigenvalue weighted by Gasteiger charge is 2.11. The number of nitrogens with one attached hydrogen (secondary N) is 1. The molecule has 0 saturated heterocycles. The number of nitrogens with zero attached hydrogens (tertiary/aromatic N) is 1. The number of hydrogen-bond donors (Lipinski definition) is 1. The molecule has 0 aliphatic carbocycles. The van der Waals surface area contributed by atoms with Gasteiger partial charge in [-0.1, -0.05) is 6.07 Å². The highest BCUT2D eigenvalue weighted by molar-refractivity contribution is 5.63. The molecule has 1 N–H and O–H groups in total. The maximum Gasteiger partial charge on any atom is 0.160 e. The molecule has 2 rings (SSSR count). The Bertz CT molecular complexity index is 354. The molecule has 3 heteroatoms. The van der Waals surface area contributed by atoms with Crippen molar-refractivity contribution < 1.29 is 4.74 Å². The summed E-state index contributed by atoms with van der Waals surface area (Å²) in [5.74, 6) is 0.697. The lowest BCUT2D eigenvalue weighted by molar-refractivity contribution is 0.322. The zero-order valence-electron chi connectivity index (χ0n) is 7.21. The van der Waals surface area contributed by atoms with Gasteiger partial charge in [0.15, 0.2) is 5.75 Å². The van der Waals surface area contributed by atoms with Gasteiger partial charge in [-0.2, -0.15) is 5.26 Å². The van der Waals surface area contributed by atoms with Crippen LogP contribution in [0, 0.1) is 11.3 Å². The first-order valence-corrected chi connectivity index (χ1v) is 4.31. The second-order valence-corrected chi connectivity index (χ2v) is 2.92. The van der Waals surface area contributed by atoms with E-state index in [9.17, 15) is 0 Å². The standard InChI is InChI=1S/C10H10N2O/c11-7-8-3-1-4-9-10(8)13-6-2-5-12-9/h1,3-4,12H,2,5-6H2. The molecule has 1 heterocycles. The van der Waals surface area contributed by atoms with Gasteiger partial charge in [-0.15, -0.1) is 0 Å². The number of para-hydroxylation sites is 1. The maximum absolute atomic E-state index is 8.83. The zero-order chi connectivity index (χ0) is 9.10. The molecule has 0 unspecified atom stereocenters. The van der Waals surface area contributed by atoms with Crippen LogP contribution in [0.15, 0.2) is 18.2 Å². The van der Waals surface area contributed by atoms with E-state index in [-0.39, 0.29) is 0 Å². The van der Waals surface area contributed by atoms with Crippen LogP contribution in [-0.2, 0) is 0 Å². The van der Waals surface area contributed by atoms with Gasteiger partial charge in [-0.05, 0) is 18.6 Å². The average Bonchev–Trinajstić information content (AvgIpc) is 2.41. The highest BCUT2D eigenvalue weighted by atomic mass is 16.5. The maximum atomic E-state index is 8.83. The van der Waals surface area contributed by atoms with Gasteiger partial charge < -0.3 is 10.1 Å². The fraction of sp³-hybridized carbons (Fsp3) is 0.300. The van der Waals surface area contributed by atoms with Crippen molar-refractivity contribution in [2.45, 2.75) is 6.42 Å². The summed E-state index contributed by atoms with van der Waals surface area (Å²) in [5.41, 5.74) is 1.53. The van der Waals surface area contributed by atoms with E-state index in [1.165, 1.54) is 0 Å². The van der Waals surface area contributed by atoms with Crippen LogP contribution in [0.1, 0.15) is 12.0 Å². The molecule has 66 valence electrons. The summed E-state index contributed by atoms with van der Waals surface area (Å²) in [6, 6.07) is 7.68. The SMILES string of the molecule is N#Cc1cccc2c1OCCCN2. The molecule has 1 aliphatic heterocycles. The summed E-state index contributed by atoms with van der Waals surface area (Å²) >= 11 is 0. The predicted octanol–water partition coefficient (Wildman–Crippen LogP) is 1.75. The lowest BCUT2D eigenvalue weighted by Gasteiger charge is -2.07. The van der Waals surface area contributed by atoms with Crippen molar-refractivity contribution in [3.63, 3.8) is 0 Å². The Morgan fingerprint density at radius 2 is 2.38 bits per heavy atom. The minimum Gasteiger partial charge on any atom is -0.490 e. The van der Waals surface area contributed by atoms with E-state index >= 15 is 0 Å². The van der Waals surface area contributed by atoms with Crippen molar-refractivity contribution in [2.24, 2.45) is 0 Å². The third-order valence-electron chi connectivity index (χ3n) is 2.02. The lowest BCUT2D eigenvalue weighted by atomic mass is 10.2. The highest BCUT2D eigenvalue weighted by Crippen LogP contribution is 2.29. The third-order valence-corrected chi connectivity index (χ3v) is 2.02. The Morgan fingerprint density at radius 1 is 1.46 bits per heavy atom. The monoisotopic (exact) mass is 174 g/mol. The molecule has 0 amide bonds. The summed E-state index contributed by atoms with van der Waals surface area (Å²) in [6.45, 7) is 1.58. The molecule has 1 aromatic carbocycles. The molecule has 1 aliphatic rings. The Morgan fingerprint density at radius 3 is 3.23 bits per heavy atom. The third kappa shape index (κ3) is 1.43. The van der Waals surface area contributed by atoms with Crippen LogP contribution in [0.5, 0.6) is 5.75 Å². The first-order chi connectivity index (χ1) is 6.42. The molecule has 1 aromatic rings. The Kier molecular flexibility index (Phi) is 2.05. The Hall–Kier alpha value is -1.69. The van der Waals surface area contributed by atoms with E-state index in [4.69, 9.17) is 10.00 Å². The van der Waals surface area contributed by atoms with Crippen LogP contribution in [0.25, 0.3) is 0 Å². The number of benzene rings is 1. The largest absolute Gasteiger partial charge is 0.490 e. The fourth-order valence-electron chi connectivity index (χ4n) is 1.39. The molecule has 0 saturated carbocycles. The van der Waals surface area contributed by atoms with Crippen LogP contribution in [0.4, 0.5) is 5.69 Å². The van der Waals surface area contributed by atoms with Crippen molar-refractivity contribution >= 4 is 5.69 Å². The van der Waals surface area contributed by atoms with E-state index in [1.807, 2.05) is 12.1 Å². The smallest absolute Gasteiger partial charge is 0.160 e. The van der Waals surface area contributed by atoms with Crippen molar-refractivity contribution in [3.05, 3.63) is 23.8 Å². The molecular weight excluding hydrogens is 164 g/mol. The van der Waals surface area contributed by atoms with Crippen LogP contribution in [0.2, 0.25) is 0 Å². The van der Waals surface area contributed by atoms with Gasteiger partial charge in [0, 0.05) is 6.54 Å². The molecule has 13 heavy (non-hydrogen) atoms. The topological polar surface area (TPSA) is 45.0 Å². The summed E-state index contributed by atoms with van der Waals surface area (Å²) in [7, 11) is 0. The van der Waals surface area contributed by atoms with E-state index in [1.54, 1.807) is 6.07 Å². The van der Waals surface area contributed by atoms with Crippen LogP contribution in [-0.4, -0.2) is 13.2 Å². The van der Waals surface area contributed by atoms with Gasteiger partial charge in [0.1, 0.15) is 6.07 Å². The van der Waals surface area contributed by atoms with Gasteiger partial charge in [-0.3, -0.25) is 0 Å². The lowest BCUT2D eigenvalue weighted by Crippen LogP contribution is -1.99. The van der Waals surface area contributed by atoms with Gasteiger partial charge in [0.25, 0.3) is 0 Å². The second kappa shape index (κ2) is 3.36. The molecule has 0 spiro atoms. The molecule has 0 aromatic heterocycles. The van der Waals surface area contributed by atoms with Crippen molar-refractivity contribution in [1.82, 2.24) is 0 Å². The molecular formula is C10H10N2O. The van der Waals surface area contributed by atoms with Crippen LogP contribution < -0.4 is 10.1 Å². The quantitative estimate of drug-likeness (QED) is 0.651. The summed E-state index contributed by atoms with van der Waals surface area (Å²) < 4.78 is 5.49. The van der Waals surface area contributed by atoms with Gasteiger partial charge >= 0.3 is 0 Å². The van der Waals surface area contributed by atoms with Crippen molar-refractivity contribution in [2.75, 3.05) is 18.5 Å². The Balaban J connectivity index is 2.47. The normalized spacial score (nSPS) is 14.4. The fourth-order valence-corrected chi connectivity index (χ4v) is 1.39. The number of ether oxygens (including phenoxy) is 1. The molecule has 3 nitrogen and oxygen atoms in total. The average molecular weight is 174 g/mol. The van der Waals surface area contributed by atoms with E-state index < -0.39 is 0 Å². The predicted molar refractivity (Wildman–Crippen MR) is 49.8 cm³/mol. The number of fused-ring (bicyclic) bond motifs is 1. The minimum atomic E-state index is 0.604. The van der Waals surface area contributed by atoms with E-state index in [2.05, 4.69) is 11.4 Å². The van der Waals surface area contributed by atoms with Gasteiger partial charge in [-0.25, -0.2) is 0 Å². The van der Waals surface area contributed by atoms with E-state index in [0.29, 0.717) is 17.9 Å². The van der Waals surface area contributed by atoms with Crippen LogP contribution >= 0.6 is 0 Å². The number of nitriles is 1. The number of hydrogen-bond acceptors (Lipinski definition) is 3. The summed E-state index contributed by atoms with van der Waals surface area (Å²) in [5, 5.41) is 12.1. The van der Waals surface area contributed by atoms with Crippen molar-refractivity contribution in [1.29, 1.82) is 5.26 Å². The van der Waals surface area contributed by atoms with Crippen LogP contribution in [0.3, 0.4) is 0 Å². The first kappa shape index (κ1) is 7.93. The first-order valence-electron chi connectivity index (χ1n) is 4.31. The number of anilines is 1. The molecule has 0 radical (unpaired) electrons. The zero-order valence-corrected chi connectivity index (χ0v) is 7.21. The molecule has 0 atom stereocenters. The van der Waals surface area contributed by atoms with Gasteiger partial charge in [0.2, 0.25) is 0 Å². The Labute approximate surface area is 76.9 Å². The van der Waals surface area contributed by atoms with Gasteiger partial charge in [0.05, 0.1) is 17.9 Å². The number of rotatable bonds is 0. The molecule has 0 bridgehead atoms. The summed E-state index contributed by atoms with van der Waals surface area (Å²) in [6.07, 6.45) is 0.972. The summed E-state index contributed by atoms with van der Waals surface area (Å²) in [4.78, 5) is 0. The molecule has 0 fully saturated rings. The second-order valence-electron chi connectivity index (χ2n) is 2.92.